The van der Waals surface area contributed by atoms with Crippen LogP contribution in [0.2, 0.25) is 5.02 Å². The molecule has 112 valence electrons. The Balaban J connectivity index is 1.76. The molecule has 22 heavy (non-hydrogen) atoms. The fourth-order valence-electron chi connectivity index (χ4n) is 2.06. The number of anilines is 2. The molecule has 0 aliphatic heterocycles. The average Bonchev–Trinajstić information content (AvgIpc) is 2.84. The molecule has 2 amide bonds. The Morgan fingerprint density at radius 1 is 1.14 bits per heavy atom. The zero-order chi connectivity index (χ0) is 15.5. The van der Waals surface area contributed by atoms with E-state index in [2.05, 4.69) is 10.6 Å². The molecule has 0 fully saturated rings. The minimum absolute atomic E-state index is 0.346. The summed E-state index contributed by atoms with van der Waals surface area (Å²) in [6.07, 6.45) is 0. The molecule has 1 heterocycles. The zero-order valence-electron chi connectivity index (χ0n) is 11.7. The van der Waals surface area contributed by atoms with Gasteiger partial charge in [0.15, 0.2) is 0 Å². The molecule has 0 aliphatic carbocycles. The molecule has 0 unspecified atom stereocenters. The van der Waals surface area contributed by atoms with Crippen LogP contribution >= 0.6 is 22.9 Å². The van der Waals surface area contributed by atoms with Gasteiger partial charge in [-0.25, -0.2) is 4.79 Å². The first-order valence-electron chi connectivity index (χ1n) is 6.56. The zero-order valence-corrected chi connectivity index (χ0v) is 13.3. The Morgan fingerprint density at radius 3 is 2.73 bits per heavy atom. The molecule has 0 radical (unpaired) electrons. The standard InChI is InChI=1S/C16H13ClN2O2S/c1-21-11-6-4-5-10(9-11)18-16(20)19-15-14(17)12-7-2-3-8-13(12)22-15/h2-9H,1H3,(H2,18,19,20). The van der Waals surface area contributed by atoms with Crippen molar-refractivity contribution in [2.75, 3.05) is 17.7 Å². The van der Waals surface area contributed by atoms with E-state index in [1.807, 2.05) is 30.3 Å². The summed E-state index contributed by atoms with van der Waals surface area (Å²) >= 11 is 7.74. The maximum Gasteiger partial charge on any atom is 0.324 e. The number of thiophene rings is 1. The maximum absolute atomic E-state index is 12.1. The summed E-state index contributed by atoms with van der Waals surface area (Å²) in [6, 6.07) is 14.6. The molecule has 0 bridgehead atoms. The molecule has 3 rings (SSSR count). The number of nitrogens with one attached hydrogen (secondary N) is 2. The van der Waals surface area contributed by atoms with Gasteiger partial charge in [0.2, 0.25) is 0 Å². The highest BCUT2D eigenvalue weighted by Crippen LogP contribution is 2.39. The van der Waals surface area contributed by atoms with E-state index in [1.54, 1.807) is 25.3 Å². The summed E-state index contributed by atoms with van der Waals surface area (Å²) in [5, 5.41) is 7.66. The van der Waals surface area contributed by atoms with E-state index in [4.69, 9.17) is 16.3 Å². The second-order valence-corrected chi connectivity index (χ2v) is 5.98. The molecule has 2 N–H and O–H groups in total. The van der Waals surface area contributed by atoms with Gasteiger partial charge in [-0.15, -0.1) is 11.3 Å². The summed E-state index contributed by atoms with van der Waals surface area (Å²) in [5.74, 6) is 0.678. The monoisotopic (exact) mass is 332 g/mol. The Bertz CT molecular complexity index is 832. The van der Waals surface area contributed by atoms with Crippen LogP contribution in [-0.4, -0.2) is 13.1 Å². The first-order valence-corrected chi connectivity index (χ1v) is 7.76. The van der Waals surface area contributed by atoms with Crippen LogP contribution in [0, 0.1) is 0 Å². The third-order valence-corrected chi connectivity index (χ3v) is 4.68. The number of hydrogen-bond acceptors (Lipinski definition) is 3. The number of rotatable bonds is 3. The summed E-state index contributed by atoms with van der Waals surface area (Å²) in [5.41, 5.74) is 0.647. The van der Waals surface area contributed by atoms with Gasteiger partial charge in [0.05, 0.1) is 12.1 Å². The van der Waals surface area contributed by atoms with Crippen LogP contribution in [0.3, 0.4) is 0 Å². The number of carbonyl (C=O) groups is 1. The minimum Gasteiger partial charge on any atom is -0.497 e. The first kappa shape index (κ1) is 14.7. The number of hydrogen-bond donors (Lipinski definition) is 2. The smallest absolute Gasteiger partial charge is 0.324 e. The molecule has 0 saturated heterocycles. The first-order chi connectivity index (χ1) is 10.7. The van der Waals surface area contributed by atoms with Crippen LogP contribution < -0.4 is 15.4 Å². The van der Waals surface area contributed by atoms with E-state index in [9.17, 15) is 4.79 Å². The van der Waals surface area contributed by atoms with Crippen LogP contribution in [0.1, 0.15) is 0 Å². The maximum atomic E-state index is 12.1. The lowest BCUT2D eigenvalue weighted by Gasteiger charge is -2.07. The van der Waals surface area contributed by atoms with Crippen molar-refractivity contribution in [2.24, 2.45) is 0 Å². The SMILES string of the molecule is COc1cccc(NC(=O)Nc2sc3ccccc3c2Cl)c1. The van der Waals surface area contributed by atoms with Crippen LogP contribution in [0.5, 0.6) is 5.75 Å². The molecular weight excluding hydrogens is 320 g/mol. The van der Waals surface area contributed by atoms with E-state index >= 15 is 0 Å². The number of fused-ring (bicyclic) bond motifs is 1. The van der Waals surface area contributed by atoms with E-state index < -0.39 is 0 Å². The van der Waals surface area contributed by atoms with Crippen LogP contribution in [0.25, 0.3) is 10.1 Å². The molecule has 2 aromatic carbocycles. The van der Waals surface area contributed by atoms with Crippen LogP contribution in [0.15, 0.2) is 48.5 Å². The molecule has 0 atom stereocenters. The molecule has 0 saturated carbocycles. The van der Waals surface area contributed by atoms with E-state index in [0.717, 1.165) is 10.1 Å². The number of ether oxygens (including phenoxy) is 1. The van der Waals surface area contributed by atoms with Gasteiger partial charge < -0.3 is 10.1 Å². The van der Waals surface area contributed by atoms with Crippen molar-refractivity contribution in [3.8, 4) is 5.75 Å². The van der Waals surface area contributed by atoms with E-state index in [0.29, 0.717) is 21.5 Å². The topological polar surface area (TPSA) is 50.4 Å². The summed E-state index contributed by atoms with van der Waals surface area (Å²) < 4.78 is 6.15. The predicted octanol–water partition coefficient (Wildman–Crippen LogP) is 5.21. The second kappa shape index (κ2) is 6.25. The lowest BCUT2D eigenvalue weighted by Crippen LogP contribution is -2.18. The quantitative estimate of drug-likeness (QED) is 0.692. The largest absolute Gasteiger partial charge is 0.497 e. The number of carbonyl (C=O) groups excluding carboxylic acids is 1. The Morgan fingerprint density at radius 2 is 1.95 bits per heavy atom. The number of halogens is 1. The fourth-order valence-corrected chi connectivity index (χ4v) is 3.43. The third kappa shape index (κ3) is 3.00. The molecule has 0 aliphatic rings. The normalized spacial score (nSPS) is 10.5. The molecule has 3 aromatic rings. The van der Waals surface area contributed by atoms with Gasteiger partial charge >= 0.3 is 6.03 Å². The summed E-state index contributed by atoms with van der Waals surface area (Å²) in [6.45, 7) is 0. The Kier molecular flexibility index (Phi) is 4.18. The van der Waals surface area contributed by atoms with Crippen molar-refractivity contribution in [3.05, 3.63) is 53.6 Å². The van der Waals surface area contributed by atoms with E-state index in [-0.39, 0.29) is 6.03 Å². The number of amides is 2. The molecule has 1 aromatic heterocycles. The Labute approximate surface area is 136 Å². The van der Waals surface area contributed by atoms with Gasteiger partial charge in [0, 0.05) is 21.8 Å². The van der Waals surface area contributed by atoms with Gasteiger partial charge in [0.25, 0.3) is 0 Å². The van der Waals surface area contributed by atoms with Crippen molar-refractivity contribution >= 4 is 49.7 Å². The van der Waals surface area contributed by atoms with Crippen LogP contribution in [-0.2, 0) is 0 Å². The molecular formula is C16H13ClN2O2S. The third-order valence-electron chi connectivity index (χ3n) is 3.09. The van der Waals surface area contributed by atoms with Crippen molar-refractivity contribution in [3.63, 3.8) is 0 Å². The second-order valence-electron chi connectivity index (χ2n) is 4.55. The highest BCUT2D eigenvalue weighted by molar-refractivity contribution is 7.23. The van der Waals surface area contributed by atoms with Gasteiger partial charge in [-0.05, 0) is 18.2 Å². The number of urea groups is 1. The highest BCUT2D eigenvalue weighted by Gasteiger charge is 2.12. The molecule has 0 spiro atoms. The van der Waals surface area contributed by atoms with Gasteiger partial charge in [0.1, 0.15) is 10.8 Å². The van der Waals surface area contributed by atoms with Crippen LogP contribution in [0.4, 0.5) is 15.5 Å². The molecule has 6 heteroatoms. The van der Waals surface area contributed by atoms with Gasteiger partial charge in [-0.3, -0.25) is 5.32 Å². The highest BCUT2D eigenvalue weighted by atomic mass is 35.5. The van der Waals surface area contributed by atoms with Gasteiger partial charge in [-0.1, -0.05) is 35.9 Å². The van der Waals surface area contributed by atoms with Crippen molar-refractivity contribution < 1.29 is 9.53 Å². The number of benzene rings is 2. The minimum atomic E-state index is -0.346. The van der Waals surface area contributed by atoms with Crippen molar-refractivity contribution in [1.29, 1.82) is 0 Å². The Hall–Kier alpha value is -2.24. The van der Waals surface area contributed by atoms with Crippen molar-refractivity contribution in [2.45, 2.75) is 0 Å². The van der Waals surface area contributed by atoms with E-state index in [1.165, 1.54) is 11.3 Å². The lowest BCUT2D eigenvalue weighted by molar-refractivity contribution is 0.262. The lowest BCUT2D eigenvalue weighted by atomic mass is 10.3. The summed E-state index contributed by atoms with van der Waals surface area (Å²) in [7, 11) is 1.58. The molecule has 4 nitrogen and oxygen atoms in total. The number of methoxy groups -OCH3 is 1. The fraction of sp³-hybridized carbons (Fsp3) is 0.0625. The van der Waals surface area contributed by atoms with Crippen molar-refractivity contribution in [1.82, 2.24) is 0 Å². The average molecular weight is 333 g/mol. The summed E-state index contributed by atoms with van der Waals surface area (Å²) in [4.78, 5) is 12.1. The van der Waals surface area contributed by atoms with Gasteiger partial charge in [-0.2, -0.15) is 0 Å². The predicted molar refractivity (Wildman–Crippen MR) is 92.5 cm³/mol.